The van der Waals surface area contributed by atoms with Crippen LogP contribution in [0, 0.1) is 0 Å². The molecule has 0 aliphatic carbocycles. The van der Waals surface area contributed by atoms with Gasteiger partial charge >= 0.3 is 22.4 Å². The maximum Gasteiger partial charge on any atom is 0.418 e. The minimum absolute atomic E-state index is 0.102. The van der Waals surface area contributed by atoms with E-state index in [-0.39, 0.29) is 12.2 Å². The van der Waals surface area contributed by atoms with E-state index in [9.17, 15) is 23.1 Å². The largest absolute Gasteiger partial charge is 0.479 e. The van der Waals surface area contributed by atoms with Gasteiger partial charge in [0.25, 0.3) is 0 Å². The molecule has 2 aliphatic heterocycles. The van der Waals surface area contributed by atoms with E-state index in [2.05, 4.69) is 9.38 Å². The topological polar surface area (TPSA) is 142 Å². The molecule has 3 heterocycles. The molecular weight excluding hydrogens is 380 g/mol. The number of carboxylic acid groups (broad SMARTS) is 1. The second-order valence-corrected chi connectivity index (χ2v) is 7.18. The van der Waals surface area contributed by atoms with Crippen LogP contribution in [0.2, 0.25) is 0 Å². The summed E-state index contributed by atoms with van der Waals surface area (Å²) in [5.41, 5.74) is 1.41. The van der Waals surface area contributed by atoms with Gasteiger partial charge in [-0.3, -0.25) is 9.23 Å². The Labute approximate surface area is 153 Å². The molecule has 2 bridgehead atoms. The zero-order valence-corrected chi connectivity index (χ0v) is 14.5. The predicted octanol–water partition coefficient (Wildman–Crippen LogP) is 0.584. The van der Waals surface area contributed by atoms with E-state index >= 15 is 0 Å². The van der Waals surface area contributed by atoms with Crippen molar-refractivity contribution in [3.05, 3.63) is 53.3 Å². The van der Waals surface area contributed by atoms with E-state index in [1.54, 1.807) is 6.20 Å². The third-order valence-electron chi connectivity index (χ3n) is 4.43. The number of carboxylic acids is 1. The number of aliphatic carboxylic acids is 1. The summed E-state index contributed by atoms with van der Waals surface area (Å²) in [5.74, 6) is -1.30. The number of hydrogen-bond acceptors (Lipinski definition) is 6. The van der Waals surface area contributed by atoms with Gasteiger partial charge in [0, 0.05) is 11.8 Å². The van der Waals surface area contributed by atoms with E-state index in [0.29, 0.717) is 17.2 Å². The van der Waals surface area contributed by atoms with Crippen molar-refractivity contribution in [3.8, 4) is 0 Å². The fraction of sp³-hybridized carbons (Fsp3) is 0.267. The first kappa shape index (κ1) is 17.5. The van der Waals surface area contributed by atoms with Crippen molar-refractivity contribution in [3.63, 3.8) is 0 Å². The van der Waals surface area contributed by atoms with Crippen LogP contribution in [0.3, 0.4) is 0 Å². The number of nitrogens with zero attached hydrogens (tertiary/aromatic N) is 4. The zero-order chi connectivity index (χ0) is 19.3. The van der Waals surface area contributed by atoms with Crippen LogP contribution in [0.5, 0.6) is 0 Å². The summed E-state index contributed by atoms with van der Waals surface area (Å²) in [6.07, 6.45) is 1.55. The number of rotatable bonds is 5. The van der Waals surface area contributed by atoms with Gasteiger partial charge in [0.1, 0.15) is 11.7 Å². The number of hydrogen-bond donors (Lipinski definition) is 2. The molecule has 142 valence electrons. The number of fused-ring (bicyclic) bond motifs is 4. The van der Waals surface area contributed by atoms with Crippen molar-refractivity contribution in [1.29, 1.82) is 0 Å². The molecule has 1 fully saturated rings. The Kier molecular flexibility index (Phi) is 3.91. The normalized spacial score (nSPS) is 21.4. The van der Waals surface area contributed by atoms with Gasteiger partial charge < -0.3 is 10.0 Å². The number of amides is 2. The molecule has 1 aromatic carbocycles. The van der Waals surface area contributed by atoms with Crippen molar-refractivity contribution >= 4 is 22.4 Å². The molecule has 0 spiro atoms. The van der Waals surface area contributed by atoms with E-state index in [4.69, 9.17) is 4.55 Å². The molecule has 27 heavy (non-hydrogen) atoms. The summed E-state index contributed by atoms with van der Waals surface area (Å²) in [5, 5.41) is 14.3. The Morgan fingerprint density at radius 3 is 2.63 bits per heavy atom. The molecule has 11 nitrogen and oxygen atoms in total. The molecule has 12 heteroatoms. The van der Waals surface area contributed by atoms with Crippen LogP contribution in [0.4, 0.5) is 4.79 Å². The lowest BCUT2D eigenvalue weighted by Crippen LogP contribution is -2.38. The van der Waals surface area contributed by atoms with Crippen LogP contribution in [0.25, 0.3) is 0 Å². The van der Waals surface area contributed by atoms with Crippen molar-refractivity contribution in [2.75, 3.05) is 6.54 Å². The Hall–Kier alpha value is -2.96. The maximum atomic E-state index is 12.4. The first-order valence-electron chi connectivity index (χ1n) is 7.85. The fourth-order valence-electron chi connectivity index (χ4n) is 3.39. The molecule has 2 aliphatic rings. The average Bonchev–Trinajstić information content (AvgIpc) is 3.10. The highest BCUT2D eigenvalue weighted by Crippen LogP contribution is 2.43. The van der Waals surface area contributed by atoms with Crippen LogP contribution >= 0.6 is 0 Å². The Morgan fingerprint density at radius 1 is 1.30 bits per heavy atom. The average molecular weight is 394 g/mol. The van der Waals surface area contributed by atoms with E-state index in [1.165, 1.54) is 4.68 Å². The van der Waals surface area contributed by atoms with Gasteiger partial charge in [-0.05, 0) is 5.56 Å². The van der Waals surface area contributed by atoms with Gasteiger partial charge in [0.15, 0.2) is 6.04 Å². The molecule has 0 saturated carbocycles. The van der Waals surface area contributed by atoms with Crippen LogP contribution in [0.1, 0.15) is 28.9 Å². The lowest BCUT2D eigenvalue weighted by Gasteiger charge is -2.26. The minimum Gasteiger partial charge on any atom is -0.479 e. The zero-order valence-electron chi connectivity index (χ0n) is 13.7. The second kappa shape index (κ2) is 6.04. The monoisotopic (exact) mass is 394 g/mol. The smallest absolute Gasteiger partial charge is 0.418 e. The highest BCUT2D eigenvalue weighted by atomic mass is 32.3. The lowest BCUT2D eigenvalue weighted by molar-refractivity contribution is -0.142. The van der Waals surface area contributed by atoms with Gasteiger partial charge in [0.2, 0.25) is 0 Å². The number of carbonyl (C=O) groups is 2. The first-order chi connectivity index (χ1) is 12.7. The molecule has 2 amide bonds. The summed E-state index contributed by atoms with van der Waals surface area (Å²) in [4.78, 5) is 25.1. The highest BCUT2D eigenvalue weighted by Gasteiger charge is 2.53. The van der Waals surface area contributed by atoms with Gasteiger partial charge in [-0.25, -0.2) is 9.59 Å². The molecule has 0 unspecified atom stereocenters. The Morgan fingerprint density at radius 2 is 2.00 bits per heavy atom. The van der Waals surface area contributed by atoms with Gasteiger partial charge in [-0.1, -0.05) is 30.3 Å². The summed E-state index contributed by atoms with van der Waals surface area (Å²) in [6, 6.07) is 6.06. The molecule has 2 atom stereocenters. The van der Waals surface area contributed by atoms with Gasteiger partial charge in [-0.2, -0.15) is 18.6 Å². The predicted molar refractivity (Wildman–Crippen MR) is 87.5 cm³/mol. The second-order valence-electron chi connectivity index (χ2n) is 6.17. The number of aromatic nitrogens is 2. The lowest BCUT2D eigenvalue weighted by atomic mass is 9.98. The highest BCUT2D eigenvalue weighted by molar-refractivity contribution is 7.80. The van der Waals surface area contributed by atoms with Crippen molar-refractivity contribution in [2.24, 2.45) is 0 Å². The van der Waals surface area contributed by atoms with Crippen LogP contribution < -0.4 is 0 Å². The Bertz CT molecular complexity index is 1020. The fourth-order valence-corrected chi connectivity index (χ4v) is 3.77. The third-order valence-corrected chi connectivity index (χ3v) is 4.78. The van der Waals surface area contributed by atoms with E-state index in [0.717, 1.165) is 10.5 Å². The molecule has 0 radical (unpaired) electrons. The number of benzene rings is 1. The minimum atomic E-state index is -4.96. The number of carbonyl (C=O) groups excluding carboxylic acids is 1. The van der Waals surface area contributed by atoms with Gasteiger partial charge in [0.05, 0.1) is 13.1 Å². The quantitative estimate of drug-likeness (QED) is 0.702. The molecule has 4 rings (SSSR count). The molecular formula is C15H14N4O7S. The molecule has 2 aromatic rings. The SMILES string of the molecule is O=C(O)[C@@H]1c2nn(Cc3ccccc3)cc2[C@H]2CN1C(=O)N2OS(=O)(=O)O. The molecule has 1 saturated heterocycles. The summed E-state index contributed by atoms with van der Waals surface area (Å²) >= 11 is 0. The van der Waals surface area contributed by atoms with Gasteiger partial charge in [-0.15, -0.1) is 4.28 Å². The van der Waals surface area contributed by atoms with Crippen molar-refractivity contribution in [1.82, 2.24) is 19.7 Å². The first-order valence-corrected chi connectivity index (χ1v) is 9.22. The summed E-state index contributed by atoms with van der Waals surface area (Å²) in [6.45, 7) is 0.259. The van der Waals surface area contributed by atoms with Crippen LogP contribution in [-0.2, 0) is 26.0 Å². The maximum absolute atomic E-state index is 12.4. The van der Waals surface area contributed by atoms with E-state index in [1.807, 2.05) is 30.3 Å². The van der Waals surface area contributed by atoms with Crippen LogP contribution in [0.15, 0.2) is 36.5 Å². The Balaban J connectivity index is 1.75. The standard InChI is InChI=1S/C15H14N4O7S/c20-14(21)13-12-10(7-17(16-12)6-9-4-2-1-3-5-9)11-8-18(13)15(22)19(11)26-27(23,24)25/h1-5,7,11,13H,6,8H2,(H,20,21)(H,23,24,25)/t11-,13+/m1/s1. The summed E-state index contributed by atoms with van der Waals surface area (Å²) < 4.78 is 37.0. The molecule has 1 aromatic heterocycles. The molecule has 2 N–H and O–H groups in total. The number of urea groups is 1. The summed E-state index contributed by atoms with van der Waals surface area (Å²) in [7, 11) is -4.96. The van der Waals surface area contributed by atoms with E-state index < -0.39 is 34.5 Å². The number of hydroxylamine groups is 2. The van der Waals surface area contributed by atoms with Crippen molar-refractivity contribution < 1.29 is 31.9 Å². The third kappa shape index (κ3) is 3.03. The van der Waals surface area contributed by atoms with Crippen LogP contribution in [-0.4, -0.2) is 56.4 Å². The van der Waals surface area contributed by atoms with Crippen molar-refractivity contribution in [2.45, 2.75) is 18.6 Å².